The number of likely N-dealkylation sites (N-methyl/N-ethyl adjacent to an activating group) is 1. The number of hydrogen-bond donors (Lipinski definition) is 2. The molecule has 110 valence electrons. The molecular weight excluding hydrogens is 240 g/mol. The molecule has 2 aliphatic heterocycles. The molecule has 0 unspecified atom stereocenters. The van der Waals surface area contributed by atoms with Gasteiger partial charge in [-0.3, -0.25) is 9.69 Å². The number of carbonyl (C=O) groups excluding carboxylic acids is 1. The normalized spacial score (nSPS) is 26.6. The van der Waals surface area contributed by atoms with Gasteiger partial charge in [0.05, 0.1) is 6.04 Å². The minimum Gasteiger partial charge on any atom is -0.353 e. The summed E-state index contributed by atoms with van der Waals surface area (Å²) in [5.74, 6) is 0.166. The summed E-state index contributed by atoms with van der Waals surface area (Å²) in [5, 5.41) is 6.36. The molecule has 19 heavy (non-hydrogen) atoms. The molecule has 2 heterocycles. The molecule has 0 bridgehead atoms. The minimum absolute atomic E-state index is 0.0308. The van der Waals surface area contributed by atoms with E-state index < -0.39 is 0 Å². The fourth-order valence-electron chi connectivity index (χ4n) is 2.86. The fourth-order valence-corrected chi connectivity index (χ4v) is 2.86. The summed E-state index contributed by atoms with van der Waals surface area (Å²) in [6.45, 7) is 10.5. The third-order valence-corrected chi connectivity index (χ3v) is 4.43. The van der Waals surface area contributed by atoms with Crippen molar-refractivity contribution in [2.75, 3.05) is 46.3 Å². The SMILES string of the molecule is CN1CCN(C(C)(C)CNC(=O)[C@@H]2CCCN2)CC1. The largest absolute Gasteiger partial charge is 0.353 e. The molecule has 5 heteroatoms. The van der Waals surface area contributed by atoms with Crippen molar-refractivity contribution < 1.29 is 4.79 Å². The molecule has 0 aromatic rings. The van der Waals surface area contributed by atoms with Gasteiger partial charge in [0.1, 0.15) is 0 Å². The molecule has 2 rings (SSSR count). The molecule has 1 atom stereocenters. The van der Waals surface area contributed by atoms with E-state index in [1.54, 1.807) is 0 Å². The first kappa shape index (κ1) is 14.8. The average Bonchev–Trinajstić information content (AvgIpc) is 2.90. The van der Waals surface area contributed by atoms with Gasteiger partial charge in [-0.2, -0.15) is 0 Å². The molecule has 0 saturated carbocycles. The van der Waals surface area contributed by atoms with Crippen LogP contribution in [-0.2, 0) is 4.79 Å². The Bertz CT molecular complexity index is 305. The monoisotopic (exact) mass is 268 g/mol. The van der Waals surface area contributed by atoms with Crippen LogP contribution >= 0.6 is 0 Å². The number of carbonyl (C=O) groups is 1. The van der Waals surface area contributed by atoms with Gasteiger partial charge >= 0.3 is 0 Å². The van der Waals surface area contributed by atoms with Crippen molar-refractivity contribution in [3.8, 4) is 0 Å². The zero-order valence-electron chi connectivity index (χ0n) is 12.5. The summed E-state index contributed by atoms with van der Waals surface area (Å²) in [6.07, 6.45) is 2.08. The summed E-state index contributed by atoms with van der Waals surface area (Å²) in [4.78, 5) is 16.9. The van der Waals surface area contributed by atoms with Crippen molar-refractivity contribution >= 4 is 5.91 Å². The van der Waals surface area contributed by atoms with E-state index in [4.69, 9.17) is 0 Å². The highest BCUT2D eigenvalue weighted by atomic mass is 16.2. The standard InChI is InChI=1S/C14H28N4O/c1-14(2,18-9-7-17(3)8-10-18)11-16-13(19)12-5-4-6-15-12/h12,15H,4-11H2,1-3H3,(H,16,19)/t12-/m0/s1. The summed E-state index contributed by atoms with van der Waals surface area (Å²) in [5.41, 5.74) is 0.0372. The van der Waals surface area contributed by atoms with Crippen LogP contribution in [0.5, 0.6) is 0 Å². The number of rotatable bonds is 4. The number of nitrogens with zero attached hydrogens (tertiary/aromatic N) is 2. The van der Waals surface area contributed by atoms with Gasteiger partial charge in [0.25, 0.3) is 0 Å². The maximum Gasteiger partial charge on any atom is 0.237 e. The lowest BCUT2D eigenvalue weighted by Crippen LogP contribution is -2.58. The van der Waals surface area contributed by atoms with Gasteiger partial charge < -0.3 is 15.5 Å². The molecule has 2 saturated heterocycles. The van der Waals surface area contributed by atoms with E-state index in [0.29, 0.717) is 0 Å². The average molecular weight is 268 g/mol. The van der Waals surface area contributed by atoms with Crippen LogP contribution in [0.3, 0.4) is 0 Å². The molecule has 0 aromatic heterocycles. The van der Waals surface area contributed by atoms with Crippen LogP contribution in [0, 0.1) is 0 Å². The van der Waals surface area contributed by atoms with Crippen LogP contribution in [0.4, 0.5) is 0 Å². The Morgan fingerprint density at radius 1 is 1.32 bits per heavy atom. The Hall–Kier alpha value is -0.650. The van der Waals surface area contributed by atoms with Crippen molar-refractivity contribution in [2.24, 2.45) is 0 Å². The quantitative estimate of drug-likeness (QED) is 0.746. The van der Waals surface area contributed by atoms with E-state index in [-0.39, 0.29) is 17.5 Å². The lowest BCUT2D eigenvalue weighted by Gasteiger charge is -2.43. The van der Waals surface area contributed by atoms with Crippen LogP contribution in [-0.4, -0.2) is 73.6 Å². The van der Waals surface area contributed by atoms with Gasteiger partial charge in [-0.05, 0) is 40.3 Å². The van der Waals surface area contributed by atoms with Crippen LogP contribution in [0.25, 0.3) is 0 Å². The van der Waals surface area contributed by atoms with Gasteiger partial charge in [-0.1, -0.05) is 0 Å². The second-order valence-corrected chi connectivity index (χ2v) is 6.47. The first-order valence-corrected chi connectivity index (χ1v) is 7.44. The lowest BCUT2D eigenvalue weighted by molar-refractivity contribution is -0.123. The van der Waals surface area contributed by atoms with Crippen molar-refractivity contribution in [1.29, 1.82) is 0 Å². The zero-order valence-corrected chi connectivity index (χ0v) is 12.5. The van der Waals surface area contributed by atoms with Crippen molar-refractivity contribution in [2.45, 2.75) is 38.3 Å². The molecular formula is C14H28N4O. The van der Waals surface area contributed by atoms with Gasteiger partial charge in [0, 0.05) is 38.3 Å². The van der Waals surface area contributed by atoms with Crippen molar-refractivity contribution in [3.63, 3.8) is 0 Å². The zero-order chi connectivity index (χ0) is 13.9. The maximum atomic E-state index is 12.0. The molecule has 1 amide bonds. The van der Waals surface area contributed by atoms with Gasteiger partial charge in [-0.25, -0.2) is 0 Å². The van der Waals surface area contributed by atoms with Gasteiger partial charge in [0.2, 0.25) is 5.91 Å². The fraction of sp³-hybridized carbons (Fsp3) is 0.929. The van der Waals surface area contributed by atoms with E-state index in [2.05, 4.69) is 41.3 Å². The van der Waals surface area contributed by atoms with E-state index in [9.17, 15) is 4.79 Å². The highest BCUT2D eigenvalue weighted by Crippen LogP contribution is 2.16. The molecule has 2 N–H and O–H groups in total. The third kappa shape index (κ3) is 3.91. The highest BCUT2D eigenvalue weighted by Gasteiger charge is 2.30. The van der Waals surface area contributed by atoms with E-state index in [1.165, 1.54) is 0 Å². The van der Waals surface area contributed by atoms with Crippen LogP contribution in [0.1, 0.15) is 26.7 Å². The topological polar surface area (TPSA) is 47.6 Å². The van der Waals surface area contributed by atoms with E-state index >= 15 is 0 Å². The Labute approximate surface area is 116 Å². The summed E-state index contributed by atoms with van der Waals surface area (Å²) < 4.78 is 0. The Morgan fingerprint density at radius 2 is 2.00 bits per heavy atom. The first-order chi connectivity index (χ1) is 8.99. The van der Waals surface area contributed by atoms with Crippen molar-refractivity contribution in [1.82, 2.24) is 20.4 Å². The van der Waals surface area contributed by atoms with E-state index in [0.717, 1.165) is 52.1 Å². The number of hydrogen-bond acceptors (Lipinski definition) is 4. The molecule has 0 spiro atoms. The summed E-state index contributed by atoms with van der Waals surface area (Å²) >= 11 is 0. The number of piperazine rings is 1. The maximum absolute atomic E-state index is 12.0. The smallest absolute Gasteiger partial charge is 0.237 e. The Kier molecular flexibility index (Phi) is 4.81. The third-order valence-electron chi connectivity index (χ3n) is 4.43. The molecule has 5 nitrogen and oxygen atoms in total. The second-order valence-electron chi connectivity index (χ2n) is 6.47. The molecule has 0 radical (unpaired) electrons. The number of nitrogens with one attached hydrogen (secondary N) is 2. The first-order valence-electron chi connectivity index (χ1n) is 7.44. The van der Waals surface area contributed by atoms with Gasteiger partial charge in [0.15, 0.2) is 0 Å². The predicted molar refractivity (Wildman–Crippen MR) is 77.2 cm³/mol. The minimum atomic E-state index is 0.0308. The van der Waals surface area contributed by atoms with Gasteiger partial charge in [-0.15, -0.1) is 0 Å². The Balaban J connectivity index is 1.78. The Morgan fingerprint density at radius 3 is 2.58 bits per heavy atom. The van der Waals surface area contributed by atoms with Crippen LogP contribution in [0.15, 0.2) is 0 Å². The number of amides is 1. The van der Waals surface area contributed by atoms with Crippen LogP contribution < -0.4 is 10.6 Å². The second kappa shape index (κ2) is 6.20. The molecule has 2 fully saturated rings. The molecule has 2 aliphatic rings. The molecule has 0 aliphatic carbocycles. The van der Waals surface area contributed by atoms with Crippen molar-refractivity contribution in [3.05, 3.63) is 0 Å². The van der Waals surface area contributed by atoms with E-state index in [1.807, 2.05) is 0 Å². The summed E-state index contributed by atoms with van der Waals surface area (Å²) in [7, 11) is 2.16. The lowest BCUT2D eigenvalue weighted by atomic mass is 10.0. The predicted octanol–water partition coefficient (Wildman–Crippen LogP) is -0.119. The van der Waals surface area contributed by atoms with Crippen LogP contribution in [0.2, 0.25) is 0 Å². The highest BCUT2D eigenvalue weighted by molar-refractivity contribution is 5.82. The summed E-state index contributed by atoms with van der Waals surface area (Å²) in [6, 6.07) is 0.0308. The molecule has 0 aromatic carbocycles.